The molecule has 0 atom stereocenters. The first-order valence-electron chi connectivity index (χ1n) is 6.74. The smallest absolute Gasteiger partial charge is 0.332 e. The SMILES string of the molecule is O=c1c2ccccc2[nH]c(=S)n1Cc1ccc(C(F)(F)F)cc1. The van der Waals surface area contributed by atoms with Crippen LogP contribution in [-0.2, 0) is 12.7 Å². The Balaban J connectivity index is 2.02. The van der Waals surface area contributed by atoms with Crippen LogP contribution in [0.2, 0.25) is 0 Å². The zero-order chi connectivity index (χ0) is 16.6. The number of halogens is 3. The number of alkyl halides is 3. The topological polar surface area (TPSA) is 37.8 Å². The van der Waals surface area contributed by atoms with Gasteiger partial charge in [0, 0.05) is 0 Å². The molecule has 0 fully saturated rings. The molecular formula is C16H11F3N2OS. The van der Waals surface area contributed by atoms with E-state index in [0.717, 1.165) is 12.1 Å². The molecule has 118 valence electrons. The fourth-order valence-electron chi connectivity index (χ4n) is 2.32. The van der Waals surface area contributed by atoms with E-state index in [1.165, 1.54) is 16.7 Å². The van der Waals surface area contributed by atoms with Gasteiger partial charge in [0.25, 0.3) is 5.56 Å². The Morgan fingerprint density at radius 3 is 2.35 bits per heavy atom. The lowest BCUT2D eigenvalue weighted by Crippen LogP contribution is -2.22. The van der Waals surface area contributed by atoms with Crippen molar-refractivity contribution in [3.05, 3.63) is 74.8 Å². The molecule has 1 N–H and O–H groups in total. The highest BCUT2D eigenvalue weighted by molar-refractivity contribution is 7.71. The molecule has 23 heavy (non-hydrogen) atoms. The lowest BCUT2D eigenvalue weighted by atomic mass is 10.1. The van der Waals surface area contributed by atoms with E-state index in [4.69, 9.17) is 12.2 Å². The summed E-state index contributed by atoms with van der Waals surface area (Å²) in [7, 11) is 0. The van der Waals surface area contributed by atoms with Crippen LogP contribution in [0.5, 0.6) is 0 Å². The van der Waals surface area contributed by atoms with E-state index < -0.39 is 11.7 Å². The van der Waals surface area contributed by atoms with Crippen molar-refractivity contribution in [1.82, 2.24) is 9.55 Å². The summed E-state index contributed by atoms with van der Waals surface area (Å²) in [5.74, 6) is 0. The summed E-state index contributed by atoms with van der Waals surface area (Å²) in [6.45, 7) is 0.108. The number of hydrogen-bond acceptors (Lipinski definition) is 2. The molecule has 0 radical (unpaired) electrons. The molecule has 0 amide bonds. The van der Waals surface area contributed by atoms with E-state index in [1.54, 1.807) is 24.3 Å². The molecule has 0 bridgehead atoms. The van der Waals surface area contributed by atoms with Gasteiger partial charge in [0.2, 0.25) is 0 Å². The highest BCUT2D eigenvalue weighted by Gasteiger charge is 2.29. The second-order valence-corrected chi connectivity index (χ2v) is 5.45. The third kappa shape index (κ3) is 3.05. The molecule has 0 aliphatic carbocycles. The molecule has 0 saturated heterocycles. The number of nitrogens with zero attached hydrogens (tertiary/aromatic N) is 1. The Morgan fingerprint density at radius 1 is 1.04 bits per heavy atom. The highest BCUT2D eigenvalue weighted by atomic mass is 32.1. The number of H-pyrrole nitrogens is 1. The van der Waals surface area contributed by atoms with Crippen molar-refractivity contribution in [2.75, 3.05) is 0 Å². The van der Waals surface area contributed by atoms with E-state index in [1.807, 2.05) is 0 Å². The van der Waals surface area contributed by atoms with E-state index in [9.17, 15) is 18.0 Å². The molecule has 0 unspecified atom stereocenters. The summed E-state index contributed by atoms with van der Waals surface area (Å²) < 4.78 is 39.3. The molecule has 3 nitrogen and oxygen atoms in total. The van der Waals surface area contributed by atoms with Gasteiger partial charge in [-0.25, -0.2) is 0 Å². The van der Waals surface area contributed by atoms with Gasteiger partial charge < -0.3 is 4.98 Å². The number of rotatable bonds is 2. The van der Waals surface area contributed by atoms with Gasteiger partial charge in [-0.05, 0) is 42.0 Å². The van der Waals surface area contributed by atoms with Crippen LogP contribution in [0.25, 0.3) is 10.9 Å². The average Bonchev–Trinajstić information content (AvgIpc) is 2.51. The molecule has 1 aromatic heterocycles. The minimum Gasteiger partial charge on any atom is -0.332 e. The highest BCUT2D eigenvalue weighted by Crippen LogP contribution is 2.29. The van der Waals surface area contributed by atoms with Gasteiger partial charge in [0.05, 0.1) is 23.0 Å². The van der Waals surface area contributed by atoms with Gasteiger partial charge in [0.1, 0.15) is 0 Å². The summed E-state index contributed by atoms with van der Waals surface area (Å²) in [6.07, 6.45) is -4.38. The molecule has 2 aromatic carbocycles. The third-order valence-electron chi connectivity index (χ3n) is 3.51. The zero-order valence-electron chi connectivity index (χ0n) is 11.7. The molecule has 0 aliphatic rings. The molecule has 3 aromatic rings. The van der Waals surface area contributed by atoms with Crippen LogP contribution in [0.4, 0.5) is 13.2 Å². The first-order chi connectivity index (χ1) is 10.9. The Morgan fingerprint density at radius 2 is 1.70 bits per heavy atom. The van der Waals surface area contributed by atoms with Gasteiger partial charge in [0.15, 0.2) is 4.77 Å². The Hall–Kier alpha value is -2.41. The second-order valence-electron chi connectivity index (χ2n) is 5.06. The van der Waals surface area contributed by atoms with Gasteiger partial charge in [-0.1, -0.05) is 24.3 Å². The fourth-order valence-corrected chi connectivity index (χ4v) is 2.58. The minimum atomic E-state index is -4.38. The predicted octanol–water partition coefficient (Wildman–Crippen LogP) is 4.13. The second kappa shape index (κ2) is 5.66. The van der Waals surface area contributed by atoms with Crippen molar-refractivity contribution in [2.45, 2.75) is 12.7 Å². The van der Waals surface area contributed by atoms with E-state index >= 15 is 0 Å². The standard InChI is InChI=1S/C16H11F3N2OS/c17-16(18,19)11-7-5-10(6-8-11)9-21-14(22)12-3-1-2-4-13(12)20-15(21)23/h1-8H,9H2,(H,20,23). The van der Waals surface area contributed by atoms with Gasteiger partial charge >= 0.3 is 6.18 Å². The molecular weight excluding hydrogens is 325 g/mol. The normalized spacial score (nSPS) is 11.8. The number of aromatic amines is 1. The Bertz CT molecular complexity index is 972. The number of hydrogen-bond donors (Lipinski definition) is 1. The Labute approximate surface area is 134 Å². The summed E-state index contributed by atoms with van der Waals surface area (Å²) in [5, 5.41) is 0.480. The van der Waals surface area contributed by atoms with Crippen LogP contribution in [0.1, 0.15) is 11.1 Å². The largest absolute Gasteiger partial charge is 0.416 e. The molecule has 0 aliphatic heterocycles. The maximum atomic E-state index is 12.6. The lowest BCUT2D eigenvalue weighted by Gasteiger charge is -2.10. The number of aromatic nitrogens is 2. The van der Waals surface area contributed by atoms with Crippen molar-refractivity contribution in [3.8, 4) is 0 Å². The van der Waals surface area contributed by atoms with Gasteiger partial charge in [-0.2, -0.15) is 13.2 Å². The fraction of sp³-hybridized carbons (Fsp3) is 0.125. The van der Waals surface area contributed by atoms with Crippen molar-refractivity contribution in [2.24, 2.45) is 0 Å². The molecule has 0 saturated carbocycles. The molecule has 1 heterocycles. The molecule has 7 heteroatoms. The van der Waals surface area contributed by atoms with Crippen LogP contribution in [-0.4, -0.2) is 9.55 Å². The number of fused-ring (bicyclic) bond motifs is 1. The summed E-state index contributed by atoms with van der Waals surface area (Å²) in [4.78, 5) is 15.4. The van der Waals surface area contributed by atoms with Crippen LogP contribution in [0, 0.1) is 4.77 Å². The van der Waals surface area contributed by atoms with Crippen molar-refractivity contribution >= 4 is 23.1 Å². The summed E-state index contributed by atoms with van der Waals surface area (Å²) in [5.41, 5.74) is 0.197. The predicted molar refractivity (Wildman–Crippen MR) is 83.9 cm³/mol. The molecule has 3 rings (SSSR count). The quantitative estimate of drug-likeness (QED) is 0.715. The van der Waals surface area contributed by atoms with E-state index in [-0.39, 0.29) is 16.9 Å². The van der Waals surface area contributed by atoms with E-state index in [2.05, 4.69) is 4.98 Å². The first kappa shape index (κ1) is 15.5. The van der Waals surface area contributed by atoms with Crippen LogP contribution >= 0.6 is 12.2 Å². The van der Waals surface area contributed by atoms with Crippen LogP contribution < -0.4 is 5.56 Å². The lowest BCUT2D eigenvalue weighted by molar-refractivity contribution is -0.137. The van der Waals surface area contributed by atoms with Crippen LogP contribution in [0.3, 0.4) is 0 Å². The molecule has 0 spiro atoms. The van der Waals surface area contributed by atoms with Crippen molar-refractivity contribution in [1.29, 1.82) is 0 Å². The van der Waals surface area contributed by atoms with Crippen molar-refractivity contribution in [3.63, 3.8) is 0 Å². The number of para-hydroxylation sites is 1. The van der Waals surface area contributed by atoms with Crippen molar-refractivity contribution < 1.29 is 13.2 Å². The zero-order valence-corrected chi connectivity index (χ0v) is 12.5. The first-order valence-corrected chi connectivity index (χ1v) is 7.15. The van der Waals surface area contributed by atoms with Gasteiger partial charge in [-0.15, -0.1) is 0 Å². The minimum absolute atomic E-state index is 0.108. The average molecular weight is 336 g/mol. The maximum absolute atomic E-state index is 12.6. The van der Waals surface area contributed by atoms with Gasteiger partial charge in [-0.3, -0.25) is 9.36 Å². The third-order valence-corrected chi connectivity index (χ3v) is 3.83. The Kier molecular flexibility index (Phi) is 3.81. The summed E-state index contributed by atoms with van der Waals surface area (Å²) >= 11 is 5.18. The van der Waals surface area contributed by atoms with E-state index in [0.29, 0.717) is 16.5 Å². The summed E-state index contributed by atoms with van der Waals surface area (Å²) in [6, 6.07) is 11.6. The maximum Gasteiger partial charge on any atom is 0.416 e. The number of benzene rings is 2. The van der Waals surface area contributed by atoms with Crippen LogP contribution in [0.15, 0.2) is 53.3 Å². The number of nitrogens with one attached hydrogen (secondary N) is 1. The monoisotopic (exact) mass is 336 g/mol.